The third-order valence-electron chi connectivity index (χ3n) is 4.05. The molecule has 0 aliphatic heterocycles. The summed E-state index contributed by atoms with van der Waals surface area (Å²) in [5, 5.41) is 9.44. The molecule has 2 unspecified atom stereocenters. The lowest BCUT2D eigenvalue weighted by Gasteiger charge is -2.30. The predicted molar refractivity (Wildman–Crippen MR) is 76.0 cm³/mol. The SMILES string of the molecule is CC1CCC(C)c2nc(C(C)(C)C)c(C(=O)O)cc21. The summed E-state index contributed by atoms with van der Waals surface area (Å²) < 4.78 is 0. The second-order valence-electron chi connectivity index (χ2n) is 6.79. The third kappa shape index (κ3) is 2.51. The van der Waals surface area contributed by atoms with E-state index >= 15 is 0 Å². The van der Waals surface area contributed by atoms with Crippen LogP contribution in [0.5, 0.6) is 0 Å². The van der Waals surface area contributed by atoms with Crippen molar-refractivity contribution in [3.8, 4) is 0 Å². The molecule has 0 bridgehead atoms. The van der Waals surface area contributed by atoms with Gasteiger partial charge in [-0.05, 0) is 36.3 Å². The Labute approximate surface area is 115 Å². The van der Waals surface area contributed by atoms with E-state index in [1.807, 2.05) is 26.8 Å². The molecule has 2 rings (SSSR count). The summed E-state index contributed by atoms with van der Waals surface area (Å²) in [6.07, 6.45) is 2.25. The van der Waals surface area contributed by atoms with E-state index in [-0.39, 0.29) is 5.41 Å². The Morgan fingerprint density at radius 3 is 2.37 bits per heavy atom. The standard InChI is InChI=1S/C16H23NO2/c1-9-6-7-10(2)13-11(9)8-12(15(18)19)14(17-13)16(3,4)5/h8-10H,6-7H2,1-5H3,(H,18,19). The Balaban J connectivity index is 2.69. The highest BCUT2D eigenvalue weighted by Crippen LogP contribution is 2.39. The van der Waals surface area contributed by atoms with Gasteiger partial charge in [-0.3, -0.25) is 4.98 Å². The molecule has 0 saturated heterocycles. The minimum absolute atomic E-state index is 0.247. The van der Waals surface area contributed by atoms with Gasteiger partial charge in [0.2, 0.25) is 0 Å². The number of rotatable bonds is 1. The molecule has 0 aromatic carbocycles. The number of carboxylic acids is 1. The van der Waals surface area contributed by atoms with Gasteiger partial charge in [-0.1, -0.05) is 34.6 Å². The predicted octanol–water partition coefficient (Wildman–Crippen LogP) is 4.08. The van der Waals surface area contributed by atoms with Gasteiger partial charge < -0.3 is 5.11 Å². The van der Waals surface area contributed by atoms with Crippen LogP contribution in [0.4, 0.5) is 0 Å². The molecule has 0 amide bonds. The molecule has 1 aliphatic carbocycles. The zero-order valence-electron chi connectivity index (χ0n) is 12.4. The summed E-state index contributed by atoms with van der Waals surface area (Å²) in [7, 11) is 0. The van der Waals surface area contributed by atoms with E-state index in [1.54, 1.807) is 0 Å². The lowest BCUT2D eigenvalue weighted by atomic mass is 9.78. The zero-order chi connectivity index (χ0) is 14.4. The van der Waals surface area contributed by atoms with Crippen LogP contribution in [0.15, 0.2) is 6.07 Å². The molecular formula is C16H23NO2. The van der Waals surface area contributed by atoms with Crippen LogP contribution in [0.25, 0.3) is 0 Å². The normalized spacial score (nSPS) is 23.0. The number of hydrogen-bond acceptors (Lipinski definition) is 2. The Kier molecular flexibility index (Phi) is 3.41. The second kappa shape index (κ2) is 4.62. The summed E-state index contributed by atoms with van der Waals surface area (Å²) in [6, 6.07) is 1.87. The maximum atomic E-state index is 11.5. The van der Waals surface area contributed by atoms with Crippen LogP contribution in [0.3, 0.4) is 0 Å². The molecule has 0 saturated carbocycles. The number of fused-ring (bicyclic) bond motifs is 1. The van der Waals surface area contributed by atoms with Crippen LogP contribution < -0.4 is 0 Å². The van der Waals surface area contributed by atoms with Crippen molar-refractivity contribution < 1.29 is 9.90 Å². The Bertz CT molecular complexity index is 514. The fraction of sp³-hybridized carbons (Fsp3) is 0.625. The molecule has 0 fully saturated rings. The van der Waals surface area contributed by atoms with Gasteiger partial charge in [0.15, 0.2) is 0 Å². The zero-order valence-corrected chi connectivity index (χ0v) is 12.4. The molecule has 1 aromatic heterocycles. The molecule has 3 heteroatoms. The number of aromatic carboxylic acids is 1. The fourth-order valence-corrected chi connectivity index (χ4v) is 2.86. The van der Waals surface area contributed by atoms with Crippen molar-refractivity contribution in [2.24, 2.45) is 0 Å². The first-order valence-corrected chi connectivity index (χ1v) is 7.00. The second-order valence-corrected chi connectivity index (χ2v) is 6.79. The first-order chi connectivity index (χ1) is 8.71. The third-order valence-corrected chi connectivity index (χ3v) is 4.05. The Morgan fingerprint density at radius 1 is 1.26 bits per heavy atom. The summed E-state index contributed by atoms with van der Waals surface area (Å²) in [6.45, 7) is 10.4. The highest BCUT2D eigenvalue weighted by atomic mass is 16.4. The smallest absolute Gasteiger partial charge is 0.337 e. The van der Waals surface area contributed by atoms with E-state index in [2.05, 4.69) is 13.8 Å². The highest BCUT2D eigenvalue weighted by molar-refractivity contribution is 5.89. The molecule has 2 atom stereocenters. The first kappa shape index (κ1) is 14.0. The monoisotopic (exact) mass is 261 g/mol. The van der Waals surface area contributed by atoms with Crippen molar-refractivity contribution in [3.05, 3.63) is 28.6 Å². The average molecular weight is 261 g/mol. The molecule has 1 aromatic rings. The number of aromatic nitrogens is 1. The molecule has 0 radical (unpaired) electrons. The summed E-state index contributed by atoms with van der Waals surface area (Å²) in [5.41, 5.74) is 3.06. The van der Waals surface area contributed by atoms with E-state index in [0.29, 0.717) is 23.1 Å². The number of nitrogens with zero attached hydrogens (tertiary/aromatic N) is 1. The average Bonchev–Trinajstić information content (AvgIpc) is 2.31. The molecular weight excluding hydrogens is 238 g/mol. The van der Waals surface area contributed by atoms with Gasteiger partial charge in [0, 0.05) is 11.1 Å². The van der Waals surface area contributed by atoms with Crippen LogP contribution in [0.1, 0.15) is 86.6 Å². The van der Waals surface area contributed by atoms with Crippen molar-refractivity contribution >= 4 is 5.97 Å². The fourth-order valence-electron chi connectivity index (χ4n) is 2.86. The van der Waals surface area contributed by atoms with Crippen LogP contribution in [-0.2, 0) is 5.41 Å². The van der Waals surface area contributed by atoms with Crippen LogP contribution in [0, 0.1) is 0 Å². The van der Waals surface area contributed by atoms with Crippen LogP contribution in [-0.4, -0.2) is 16.1 Å². The Hall–Kier alpha value is -1.38. The first-order valence-electron chi connectivity index (χ1n) is 7.00. The minimum Gasteiger partial charge on any atom is -0.478 e. The number of carboxylic acid groups (broad SMARTS) is 1. The van der Waals surface area contributed by atoms with Gasteiger partial charge in [-0.15, -0.1) is 0 Å². The van der Waals surface area contributed by atoms with Crippen LogP contribution >= 0.6 is 0 Å². The van der Waals surface area contributed by atoms with E-state index in [4.69, 9.17) is 4.98 Å². The lowest BCUT2D eigenvalue weighted by Crippen LogP contribution is -2.23. The quantitative estimate of drug-likeness (QED) is 0.828. The van der Waals surface area contributed by atoms with E-state index in [0.717, 1.165) is 24.1 Å². The molecule has 19 heavy (non-hydrogen) atoms. The Morgan fingerprint density at radius 2 is 1.84 bits per heavy atom. The van der Waals surface area contributed by atoms with Crippen molar-refractivity contribution in [2.45, 2.75) is 64.7 Å². The highest BCUT2D eigenvalue weighted by Gasteiger charge is 2.30. The molecule has 1 heterocycles. The molecule has 0 spiro atoms. The number of carbonyl (C=O) groups is 1. The van der Waals surface area contributed by atoms with E-state index < -0.39 is 5.97 Å². The van der Waals surface area contributed by atoms with Crippen molar-refractivity contribution in [2.75, 3.05) is 0 Å². The summed E-state index contributed by atoms with van der Waals surface area (Å²) in [5.74, 6) is -0.0355. The largest absolute Gasteiger partial charge is 0.478 e. The molecule has 104 valence electrons. The van der Waals surface area contributed by atoms with Crippen molar-refractivity contribution in [3.63, 3.8) is 0 Å². The topological polar surface area (TPSA) is 50.2 Å². The maximum Gasteiger partial charge on any atom is 0.337 e. The lowest BCUT2D eigenvalue weighted by molar-refractivity contribution is 0.0693. The minimum atomic E-state index is -0.870. The van der Waals surface area contributed by atoms with Crippen LogP contribution in [0.2, 0.25) is 0 Å². The van der Waals surface area contributed by atoms with Gasteiger partial charge in [0.25, 0.3) is 0 Å². The summed E-state index contributed by atoms with van der Waals surface area (Å²) in [4.78, 5) is 16.3. The van der Waals surface area contributed by atoms with E-state index in [1.165, 1.54) is 0 Å². The van der Waals surface area contributed by atoms with Gasteiger partial charge in [0.05, 0.1) is 11.3 Å². The van der Waals surface area contributed by atoms with Gasteiger partial charge >= 0.3 is 5.97 Å². The maximum absolute atomic E-state index is 11.5. The van der Waals surface area contributed by atoms with Gasteiger partial charge in [0.1, 0.15) is 0 Å². The molecule has 3 nitrogen and oxygen atoms in total. The molecule has 1 N–H and O–H groups in total. The van der Waals surface area contributed by atoms with Crippen molar-refractivity contribution in [1.29, 1.82) is 0 Å². The van der Waals surface area contributed by atoms with Gasteiger partial charge in [-0.2, -0.15) is 0 Å². The number of pyridine rings is 1. The summed E-state index contributed by atoms with van der Waals surface area (Å²) >= 11 is 0. The van der Waals surface area contributed by atoms with Gasteiger partial charge in [-0.25, -0.2) is 4.79 Å². The number of hydrogen-bond donors (Lipinski definition) is 1. The van der Waals surface area contributed by atoms with Crippen molar-refractivity contribution in [1.82, 2.24) is 4.98 Å². The van der Waals surface area contributed by atoms with E-state index in [9.17, 15) is 9.90 Å². The molecule has 1 aliphatic rings.